The van der Waals surface area contributed by atoms with Crippen molar-refractivity contribution in [1.29, 1.82) is 0 Å². The topological polar surface area (TPSA) is 59.8 Å². The third-order valence-corrected chi connectivity index (χ3v) is 5.84. The van der Waals surface area contributed by atoms with Crippen LogP contribution in [0, 0.1) is 6.92 Å². The molecule has 1 aliphatic carbocycles. The van der Waals surface area contributed by atoms with Crippen LogP contribution < -0.4 is 5.32 Å². The highest BCUT2D eigenvalue weighted by molar-refractivity contribution is 7.99. The molecule has 1 aliphatic rings. The number of hydrogen-bond acceptors (Lipinski definition) is 4. The van der Waals surface area contributed by atoms with Gasteiger partial charge < -0.3 is 9.88 Å². The maximum atomic E-state index is 12.7. The van der Waals surface area contributed by atoms with Crippen molar-refractivity contribution in [3.63, 3.8) is 0 Å². The van der Waals surface area contributed by atoms with Gasteiger partial charge in [0.15, 0.2) is 5.16 Å². The molecule has 1 aromatic heterocycles. The summed E-state index contributed by atoms with van der Waals surface area (Å²) < 4.78 is 2.16. The molecule has 2 aromatic carbocycles. The zero-order valence-corrected chi connectivity index (χ0v) is 16.7. The third-order valence-electron chi connectivity index (χ3n) is 4.90. The highest BCUT2D eigenvalue weighted by Gasteiger charge is 2.28. The zero-order chi connectivity index (χ0) is 19.3. The quantitative estimate of drug-likeness (QED) is 0.586. The van der Waals surface area contributed by atoms with Crippen LogP contribution in [-0.2, 0) is 11.2 Å². The first kappa shape index (κ1) is 18.7. The minimum absolute atomic E-state index is 0.0118. The maximum absolute atomic E-state index is 12.7. The van der Waals surface area contributed by atoms with Crippen LogP contribution in [0.2, 0.25) is 0 Å². The minimum atomic E-state index is -0.0558. The van der Waals surface area contributed by atoms with Gasteiger partial charge in [-0.1, -0.05) is 72.4 Å². The summed E-state index contributed by atoms with van der Waals surface area (Å²) in [6, 6.07) is 20.9. The standard InChI is InChI=1S/C22H24N4OS/c1-16-24-25-22(26(16)19-12-13-19)28-15-21(27)23-20(18-10-6-3-7-11-18)14-17-8-4-2-5-9-17/h2-11,19-20H,12-15H2,1H3,(H,23,27)/t20-/m1/s1. The van der Waals surface area contributed by atoms with Gasteiger partial charge >= 0.3 is 0 Å². The van der Waals surface area contributed by atoms with Crippen LogP contribution >= 0.6 is 11.8 Å². The molecule has 4 rings (SSSR count). The Morgan fingerprint density at radius 1 is 1.11 bits per heavy atom. The van der Waals surface area contributed by atoms with Gasteiger partial charge in [-0.05, 0) is 37.3 Å². The van der Waals surface area contributed by atoms with Crippen LogP contribution in [0.15, 0.2) is 65.8 Å². The van der Waals surface area contributed by atoms with Crippen molar-refractivity contribution in [2.75, 3.05) is 5.75 Å². The smallest absolute Gasteiger partial charge is 0.230 e. The number of amides is 1. The zero-order valence-electron chi connectivity index (χ0n) is 15.9. The first-order chi connectivity index (χ1) is 13.7. The number of aryl methyl sites for hydroxylation is 1. The van der Waals surface area contributed by atoms with E-state index in [1.807, 2.05) is 43.3 Å². The van der Waals surface area contributed by atoms with E-state index in [9.17, 15) is 4.79 Å². The molecule has 1 heterocycles. The van der Waals surface area contributed by atoms with Gasteiger partial charge in [-0.15, -0.1) is 10.2 Å². The van der Waals surface area contributed by atoms with Gasteiger partial charge in [0, 0.05) is 6.04 Å². The summed E-state index contributed by atoms with van der Waals surface area (Å²) in [5, 5.41) is 12.5. The number of carbonyl (C=O) groups is 1. The Morgan fingerprint density at radius 2 is 1.79 bits per heavy atom. The normalized spacial score (nSPS) is 14.6. The molecule has 5 nitrogen and oxygen atoms in total. The molecule has 0 saturated heterocycles. The molecule has 0 aliphatic heterocycles. The summed E-state index contributed by atoms with van der Waals surface area (Å²) in [4.78, 5) is 12.7. The lowest BCUT2D eigenvalue weighted by Crippen LogP contribution is -2.31. The second-order valence-corrected chi connectivity index (χ2v) is 8.08. The van der Waals surface area contributed by atoms with E-state index in [1.54, 1.807) is 0 Å². The first-order valence-corrected chi connectivity index (χ1v) is 10.6. The van der Waals surface area contributed by atoms with E-state index in [0.717, 1.165) is 23.0 Å². The van der Waals surface area contributed by atoms with Crippen molar-refractivity contribution in [2.24, 2.45) is 0 Å². The summed E-state index contributed by atoms with van der Waals surface area (Å²) in [5.41, 5.74) is 2.31. The van der Waals surface area contributed by atoms with Crippen LogP contribution in [-0.4, -0.2) is 26.4 Å². The molecule has 1 saturated carbocycles. The molecule has 0 radical (unpaired) electrons. The fourth-order valence-electron chi connectivity index (χ4n) is 3.35. The lowest BCUT2D eigenvalue weighted by Gasteiger charge is -2.19. The summed E-state index contributed by atoms with van der Waals surface area (Å²) >= 11 is 1.47. The highest BCUT2D eigenvalue weighted by atomic mass is 32.2. The molecule has 3 aromatic rings. The third kappa shape index (κ3) is 4.62. The molecule has 6 heteroatoms. The summed E-state index contributed by atoms with van der Waals surface area (Å²) in [6.45, 7) is 1.97. The van der Waals surface area contributed by atoms with Crippen molar-refractivity contribution in [3.8, 4) is 0 Å². The van der Waals surface area contributed by atoms with Gasteiger partial charge in [0.05, 0.1) is 11.8 Å². The Kier molecular flexibility index (Phi) is 5.76. The second kappa shape index (κ2) is 8.61. The molecule has 0 spiro atoms. The Morgan fingerprint density at radius 3 is 2.46 bits per heavy atom. The van der Waals surface area contributed by atoms with Crippen LogP contribution in [0.5, 0.6) is 0 Å². The maximum Gasteiger partial charge on any atom is 0.230 e. The SMILES string of the molecule is Cc1nnc(SCC(=O)N[C@H](Cc2ccccc2)c2ccccc2)n1C1CC1. The highest BCUT2D eigenvalue weighted by Crippen LogP contribution is 2.38. The van der Waals surface area contributed by atoms with E-state index in [-0.39, 0.29) is 11.9 Å². The van der Waals surface area contributed by atoms with Crippen molar-refractivity contribution in [1.82, 2.24) is 20.1 Å². The summed E-state index contributed by atoms with van der Waals surface area (Å²) in [6.07, 6.45) is 3.11. The van der Waals surface area contributed by atoms with Crippen molar-refractivity contribution in [3.05, 3.63) is 77.6 Å². The van der Waals surface area contributed by atoms with Gasteiger partial charge in [-0.2, -0.15) is 0 Å². The number of nitrogens with one attached hydrogen (secondary N) is 1. The van der Waals surface area contributed by atoms with Crippen LogP contribution in [0.4, 0.5) is 0 Å². The molecule has 1 amide bonds. The molecule has 0 bridgehead atoms. The molecular formula is C22H24N4OS. The molecule has 1 fully saturated rings. The van der Waals surface area contributed by atoms with E-state index in [0.29, 0.717) is 11.8 Å². The predicted molar refractivity (Wildman–Crippen MR) is 111 cm³/mol. The largest absolute Gasteiger partial charge is 0.348 e. The lowest BCUT2D eigenvalue weighted by atomic mass is 9.99. The van der Waals surface area contributed by atoms with E-state index >= 15 is 0 Å². The van der Waals surface area contributed by atoms with E-state index in [4.69, 9.17) is 0 Å². The lowest BCUT2D eigenvalue weighted by molar-refractivity contribution is -0.119. The van der Waals surface area contributed by atoms with Gasteiger partial charge in [-0.25, -0.2) is 0 Å². The molecule has 1 atom stereocenters. The van der Waals surface area contributed by atoms with Crippen LogP contribution in [0.25, 0.3) is 0 Å². The number of rotatable bonds is 8. The summed E-state index contributed by atoms with van der Waals surface area (Å²) in [5.74, 6) is 1.28. The number of thioether (sulfide) groups is 1. The Balaban J connectivity index is 1.42. The van der Waals surface area contributed by atoms with Gasteiger partial charge in [0.2, 0.25) is 5.91 Å². The van der Waals surface area contributed by atoms with Gasteiger partial charge in [-0.3, -0.25) is 4.79 Å². The number of carbonyl (C=O) groups excluding carboxylic acids is 1. The van der Waals surface area contributed by atoms with Crippen molar-refractivity contribution in [2.45, 2.75) is 43.4 Å². The Hall–Kier alpha value is -2.60. The molecular weight excluding hydrogens is 368 g/mol. The van der Waals surface area contributed by atoms with Gasteiger partial charge in [0.1, 0.15) is 5.82 Å². The number of aromatic nitrogens is 3. The van der Waals surface area contributed by atoms with Crippen molar-refractivity contribution >= 4 is 17.7 Å². The van der Waals surface area contributed by atoms with E-state index in [1.165, 1.54) is 30.2 Å². The number of hydrogen-bond donors (Lipinski definition) is 1. The monoisotopic (exact) mass is 392 g/mol. The van der Waals surface area contributed by atoms with Gasteiger partial charge in [0.25, 0.3) is 0 Å². The summed E-state index contributed by atoms with van der Waals surface area (Å²) in [7, 11) is 0. The fourth-order valence-corrected chi connectivity index (χ4v) is 4.22. The number of nitrogens with zero attached hydrogens (tertiary/aromatic N) is 3. The Bertz CT molecular complexity index is 922. The molecule has 0 unspecified atom stereocenters. The van der Waals surface area contributed by atoms with Crippen molar-refractivity contribution < 1.29 is 4.79 Å². The second-order valence-electron chi connectivity index (χ2n) is 7.14. The van der Waals surface area contributed by atoms with Crippen LogP contribution in [0.1, 0.15) is 41.9 Å². The minimum Gasteiger partial charge on any atom is -0.348 e. The average molecular weight is 393 g/mol. The van der Waals surface area contributed by atoms with Crippen LogP contribution in [0.3, 0.4) is 0 Å². The average Bonchev–Trinajstić information content (AvgIpc) is 3.49. The number of benzene rings is 2. The molecule has 28 heavy (non-hydrogen) atoms. The Labute approximate surface area is 169 Å². The first-order valence-electron chi connectivity index (χ1n) is 9.63. The van der Waals surface area contributed by atoms with E-state index in [2.05, 4.69) is 44.3 Å². The van der Waals surface area contributed by atoms with E-state index < -0.39 is 0 Å². The fraction of sp³-hybridized carbons (Fsp3) is 0.318. The molecule has 1 N–H and O–H groups in total. The predicted octanol–water partition coefficient (Wildman–Crippen LogP) is 4.11. The molecule has 144 valence electrons.